The largest absolute Gasteiger partial charge is 0.492 e. The van der Waals surface area contributed by atoms with Crippen LogP contribution in [0.4, 0.5) is 4.39 Å². The first kappa shape index (κ1) is 26.5. The molecule has 0 fully saturated rings. The van der Waals surface area contributed by atoms with Crippen LogP contribution in [0.5, 0.6) is 5.75 Å². The SMILES string of the molecule is CN=C(NCc1cccc(OCCN(C)C)c1)NCc1ccc(F)cc1CSC.I. The quantitative estimate of drug-likeness (QED) is 0.267. The molecule has 0 aromatic heterocycles. The van der Waals surface area contributed by atoms with Crippen LogP contribution in [0.15, 0.2) is 47.5 Å². The second-order valence-electron chi connectivity index (χ2n) is 6.92. The first-order valence-corrected chi connectivity index (χ1v) is 11.0. The number of nitrogens with zero attached hydrogens (tertiary/aromatic N) is 2. The van der Waals surface area contributed by atoms with Gasteiger partial charge < -0.3 is 20.3 Å². The number of likely N-dealkylation sites (N-methyl/N-ethyl adjacent to an activating group) is 1. The van der Waals surface area contributed by atoms with Gasteiger partial charge in [0.05, 0.1) is 0 Å². The molecule has 0 aliphatic heterocycles. The Morgan fingerprint density at radius 3 is 2.57 bits per heavy atom. The van der Waals surface area contributed by atoms with Crippen LogP contribution in [0, 0.1) is 5.82 Å². The summed E-state index contributed by atoms with van der Waals surface area (Å²) in [6.45, 7) is 2.75. The topological polar surface area (TPSA) is 48.9 Å². The molecule has 2 aromatic rings. The van der Waals surface area contributed by atoms with Crippen LogP contribution in [0.25, 0.3) is 0 Å². The number of thioether (sulfide) groups is 1. The zero-order valence-electron chi connectivity index (χ0n) is 18.1. The van der Waals surface area contributed by atoms with E-state index < -0.39 is 0 Å². The summed E-state index contributed by atoms with van der Waals surface area (Å²) >= 11 is 1.68. The summed E-state index contributed by atoms with van der Waals surface area (Å²) in [5, 5.41) is 6.62. The lowest BCUT2D eigenvalue weighted by Crippen LogP contribution is -2.36. The van der Waals surface area contributed by atoms with E-state index in [-0.39, 0.29) is 29.8 Å². The highest BCUT2D eigenvalue weighted by atomic mass is 127. The van der Waals surface area contributed by atoms with E-state index in [9.17, 15) is 4.39 Å². The number of benzene rings is 2. The van der Waals surface area contributed by atoms with Crippen molar-refractivity contribution >= 4 is 41.7 Å². The number of ether oxygens (including phenoxy) is 1. The van der Waals surface area contributed by atoms with Crippen LogP contribution in [0.2, 0.25) is 0 Å². The van der Waals surface area contributed by atoms with Gasteiger partial charge >= 0.3 is 0 Å². The van der Waals surface area contributed by atoms with Crippen molar-refractivity contribution in [2.24, 2.45) is 4.99 Å². The Hall–Kier alpha value is -1.52. The maximum absolute atomic E-state index is 13.5. The van der Waals surface area contributed by atoms with Gasteiger partial charge in [0.1, 0.15) is 18.2 Å². The molecule has 2 N–H and O–H groups in total. The molecule has 30 heavy (non-hydrogen) atoms. The highest BCUT2D eigenvalue weighted by Crippen LogP contribution is 2.17. The smallest absolute Gasteiger partial charge is 0.191 e. The Morgan fingerprint density at radius 1 is 1.10 bits per heavy atom. The molecule has 0 aliphatic rings. The van der Waals surface area contributed by atoms with Crippen LogP contribution in [-0.2, 0) is 18.8 Å². The van der Waals surface area contributed by atoms with Crippen molar-refractivity contribution in [3.63, 3.8) is 0 Å². The lowest BCUT2D eigenvalue weighted by atomic mass is 10.1. The number of rotatable bonds is 10. The zero-order valence-corrected chi connectivity index (χ0v) is 21.2. The fraction of sp³-hybridized carbons (Fsp3) is 0.409. The standard InChI is InChI=1S/C22H31FN4OS.HI/c1-24-22(26-15-18-8-9-20(23)13-19(18)16-29-4)25-14-17-6-5-7-21(12-17)28-11-10-27(2)3;/h5-9,12-13H,10-11,14-16H2,1-4H3,(H2,24,25,26);1H. The summed E-state index contributed by atoms with van der Waals surface area (Å²) in [4.78, 5) is 6.37. The predicted octanol–water partition coefficient (Wildman–Crippen LogP) is 4.11. The van der Waals surface area contributed by atoms with Gasteiger partial charge in [0.15, 0.2) is 5.96 Å². The van der Waals surface area contributed by atoms with Crippen LogP contribution in [0.1, 0.15) is 16.7 Å². The van der Waals surface area contributed by atoms with Gasteiger partial charge in [-0.1, -0.05) is 18.2 Å². The number of hydrogen-bond acceptors (Lipinski definition) is 4. The normalized spacial score (nSPS) is 11.2. The highest BCUT2D eigenvalue weighted by Gasteiger charge is 2.06. The average Bonchev–Trinajstić information content (AvgIpc) is 2.70. The molecule has 5 nitrogen and oxygen atoms in total. The number of aliphatic imine (C=N–C) groups is 1. The van der Waals surface area contributed by atoms with E-state index in [2.05, 4.69) is 26.6 Å². The van der Waals surface area contributed by atoms with Crippen molar-refractivity contribution in [2.75, 3.05) is 40.6 Å². The summed E-state index contributed by atoms with van der Waals surface area (Å²) < 4.78 is 19.3. The molecule has 166 valence electrons. The Kier molecular flexibility index (Phi) is 12.8. The molecular formula is C22H32FIN4OS. The molecule has 0 saturated carbocycles. The van der Waals surface area contributed by atoms with Gasteiger partial charge in [0, 0.05) is 32.4 Å². The fourth-order valence-electron chi connectivity index (χ4n) is 2.73. The number of guanidine groups is 1. The first-order valence-electron chi connectivity index (χ1n) is 9.59. The van der Waals surface area contributed by atoms with E-state index in [1.165, 1.54) is 6.07 Å². The number of nitrogens with one attached hydrogen (secondary N) is 2. The van der Waals surface area contributed by atoms with Gasteiger partial charge in [-0.25, -0.2) is 4.39 Å². The first-order chi connectivity index (χ1) is 14.0. The maximum Gasteiger partial charge on any atom is 0.191 e. The van der Waals surface area contributed by atoms with E-state index in [1.807, 2.05) is 44.6 Å². The van der Waals surface area contributed by atoms with E-state index in [0.29, 0.717) is 25.7 Å². The van der Waals surface area contributed by atoms with Gasteiger partial charge in [-0.2, -0.15) is 11.8 Å². The van der Waals surface area contributed by atoms with Crippen LogP contribution in [-0.4, -0.2) is 51.4 Å². The lowest BCUT2D eigenvalue weighted by Gasteiger charge is -2.15. The summed E-state index contributed by atoms with van der Waals surface area (Å²) in [7, 11) is 5.79. The van der Waals surface area contributed by atoms with E-state index in [1.54, 1.807) is 24.9 Å². The lowest BCUT2D eigenvalue weighted by molar-refractivity contribution is 0.261. The zero-order chi connectivity index (χ0) is 21.1. The summed E-state index contributed by atoms with van der Waals surface area (Å²) in [5.74, 6) is 2.14. The Balaban J connectivity index is 0.00000450. The molecule has 0 spiro atoms. The predicted molar refractivity (Wildman–Crippen MR) is 137 cm³/mol. The highest BCUT2D eigenvalue weighted by molar-refractivity contribution is 14.0. The van der Waals surface area contributed by atoms with Crippen molar-refractivity contribution in [3.05, 3.63) is 65.0 Å². The third kappa shape index (κ3) is 9.53. The summed E-state index contributed by atoms with van der Waals surface area (Å²) in [5.41, 5.74) is 3.18. The maximum atomic E-state index is 13.5. The fourth-order valence-corrected chi connectivity index (χ4v) is 3.31. The minimum atomic E-state index is -0.201. The van der Waals surface area contributed by atoms with Crippen LogP contribution < -0.4 is 15.4 Å². The second kappa shape index (κ2) is 14.5. The third-order valence-electron chi connectivity index (χ3n) is 4.30. The molecular weight excluding hydrogens is 514 g/mol. The number of hydrogen-bond donors (Lipinski definition) is 2. The molecule has 0 aliphatic carbocycles. The van der Waals surface area contributed by atoms with Gasteiger partial charge in [-0.05, 0) is 61.3 Å². The van der Waals surface area contributed by atoms with Gasteiger partial charge in [0.2, 0.25) is 0 Å². The van der Waals surface area contributed by atoms with Crippen LogP contribution >= 0.6 is 35.7 Å². The Bertz CT molecular complexity index is 804. The van der Waals surface area contributed by atoms with E-state index >= 15 is 0 Å². The van der Waals surface area contributed by atoms with Gasteiger partial charge in [0.25, 0.3) is 0 Å². The molecule has 0 bridgehead atoms. The second-order valence-corrected chi connectivity index (χ2v) is 7.79. The molecule has 2 aromatic carbocycles. The average molecular weight is 546 g/mol. The van der Waals surface area contributed by atoms with Crippen LogP contribution in [0.3, 0.4) is 0 Å². The number of halogens is 2. The molecule has 0 atom stereocenters. The molecule has 0 radical (unpaired) electrons. The Labute approximate surface area is 200 Å². The summed E-state index contributed by atoms with van der Waals surface area (Å²) in [6, 6.07) is 13.0. The molecule has 0 amide bonds. The molecule has 2 rings (SSSR count). The molecule has 0 unspecified atom stereocenters. The minimum Gasteiger partial charge on any atom is -0.492 e. The van der Waals surface area contributed by atoms with Gasteiger partial charge in [-0.15, -0.1) is 24.0 Å². The van der Waals surface area contributed by atoms with Crippen molar-refractivity contribution < 1.29 is 9.13 Å². The van der Waals surface area contributed by atoms with Crippen molar-refractivity contribution in [1.29, 1.82) is 0 Å². The third-order valence-corrected chi connectivity index (χ3v) is 4.90. The molecule has 0 heterocycles. The van der Waals surface area contributed by atoms with E-state index in [0.717, 1.165) is 34.7 Å². The van der Waals surface area contributed by atoms with Gasteiger partial charge in [-0.3, -0.25) is 4.99 Å². The minimum absolute atomic E-state index is 0. The van der Waals surface area contributed by atoms with Crippen molar-refractivity contribution in [1.82, 2.24) is 15.5 Å². The monoisotopic (exact) mass is 546 g/mol. The summed E-state index contributed by atoms with van der Waals surface area (Å²) in [6.07, 6.45) is 2.01. The van der Waals surface area contributed by atoms with Crippen molar-refractivity contribution in [3.8, 4) is 5.75 Å². The molecule has 8 heteroatoms. The van der Waals surface area contributed by atoms with E-state index in [4.69, 9.17) is 4.74 Å². The van der Waals surface area contributed by atoms with Crippen molar-refractivity contribution in [2.45, 2.75) is 18.8 Å². The Morgan fingerprint density at radius 2 is 1.87 bits per heavy atom. The molecule has 0 saturated heterocycles.